The van der Waals surface area contributed by atoms with Crippen LogP contribution < -0.4 is 0 Å². The van der Waals surface area contributed by atoms with E-state index in [0.29, 0.717) is 16.8 Å². The van der Waals surface area contributed by atoms with Crippen LogP contribution >= 0.6 is 11.3 Å². The molecule has 0 radical (unpaired) electrons. The first-order valence-electron chi connectivity index (χ1n) is 20.2. The molecule has 0 aliphatic rings. The summed E-state index contributed by atoms with van der Waals surface area (Å²) in [5.41, 5.74) is 10.3. The number of nitrogens with zero attached hydrogens (tertiary/aromatic N) is 5. The van der Waals surface area contributed by atoms with Crippen molar-refractivity contribution in [3.05, 3.63) is 193 Å². The minimum atomic E-state index is 0.414. The van der Waals surface area contributed by atoms with Crippen molar-refractivity contribution in [3.8, 4) is 39.7 Å². The summed E-state index contributed by atoms with van der Waals surface area (Å²) in [6.07, 6.45) is 1.89. The van der Waals surface area contributed by atoms with Gasteiger partial charge in [0.15, 0.2) is 0 Å². The first-order valence-corrected chi connectivity index (χ1v) is 21.0. The van der Waals surface area contributed by atoms with Crippen molar-refractivity contribution in [2.45, 2.75) is 0 Å². The molecule has 0 saturated heterocycles. The molecule has 0 spiro atoms. The summed E-state index contributed by atoms with van der Waals surface area (Å²) in [5.74, 6) is 0. The van der Waals surface area contributed by atoms with Crippen LogP contribution in [0.25, 0.3) is 124 Å². The van der Waals surface area contributed by atoms with Gasteiger partial charge in [0.2, 0.25) is 5.69 Å². The molecule has 5 nitrogen and oxygen atoms in total. The van der Waals surface area contributed by atoms with E-state index in [4.69, 9.17) is 11.6 Å². The molecule has 0 fully saturated rings. The Labute approximate surface area is 353 Å². The number of pyridine rings is 1. The molecule has 0 aliphatic heterocycles. The van der Waals surface area contributed by atoms with Gasteiger partial charge in [0, 0.05) is 64.4 Å². The predicted octanol–water partition coefficient (Wildman–Crippen LogP) is 15.1. The molecule has 9 aromatic carbocycles. The Balaban J connectivity index is 1.32. The molecule has 0 bridgehead atoms. The van der Waals surface area contributed by atoms with E-state index in [1.165, 1.54) is 20.2 Å². The lowest BCUT2D eigenvalue weighted by molar-refractivity contribution is 1.13. The van der Waals surface area contributed by atoms with Crippen LogP contribution in [0.4, 0.5) is 5.69 Å². The number of fused-ring (bicyclic) bond motifs is 9. The fraction of sp³-hybridized carbons (Fsp3) is 0. The molecule has 13 aromatic rings. The number of para-hydroxylation sites is 1. The fourth-order valence-corrected chi connectivity index (χ4v) is 11.3. The topological polar surface area (TPSA) is 50.9 Å². The lowest BCUT2D eigenvalue weighted by Crippen LogP contribution is -2.08. The molecule has 0 aliphatic carbocycles. The molecule has 0 unspecified atom stereocenters. The largest absolute Gasteiger partial charge is 0.318 e. The minimum absolute atomic E-state index is 0.414. The molecule has 280 valence electrons. The number of nitriles is 1. The third kappa shape index (κ3) is 4.49. The zero-order chi connectivity index (χ0) is 40.3. The second-order valence-corrected chi connectivity index (χ2v) is 16.7. The highest BCUT2D eigenvalue weighted by Gasteiger charge is 2.32. The van der Waals surface area contributed by atoms with Gasteiger partial charge < -0.3 is 9.13 Å². The zero-order valence-electron chi connectivity index (χ0n) is 32.4. The van der Waals surface area contributed by atoms with Crippen LogP contribution in [0.3, 0.4) is 0 Å². The van der Waals surface area contributed by atoms with Gasteiger partial charge in [-0.1, -0.05) is 133 Å². The highest BCUT2D eigenvalue weighted by Crippen LogP contribution is 2.53. The minimum Gasteiger partial charge on any atom is -0.318 e. The van der Waals surface area contributed by atoms with Gasteiger partial charge in [0.1, 0.15) is 6.07 Å². The van der Waals surface area contributed by atoms with E-state index in [1.54, 1.807) is 11.3 Å². The number of thiophene rings is 1. The number of hydrogen-bond donors (Lipinski definition) is 0. The van der Waals surface area contributed by atoms with E-state index in [-0.39, 0.29) is 0 Å². The van der Waals surface area contributed by atoms with Crippen LogP contribution in [-0.2, 0) is 0 Å². The van der Waals surface area contributed by atoms with Crippen molar-refractivity contribution in [2.75, 3.05) is 0 Å². The number of aromatic nitrogens is 3. The Morgan fingerprint density at radius 1 is 0.492 bits per heavy atom. The molecule has 61 heavy (non-hydrogen) atoms. The van der Waals surface area contributed by atoms with Crippen LogP contribution in [0.1, 0.15) is 5.56 Å². The first-order chi connectivity index (χ1) is 30.2. The average Bonchev–Trinajstić information content (AvgIpc) is 3.97. The van der Waals surface area contributed by atoms with E-state index in [2.05, 4.69) is 141 Å². The maximum Gasteiger partial charge on any atom is 0.220 e. The van der Waals surface area contributed by atoms with Crippen LogP contribution in [0.15, 0.2) is 176 Å². The van der Waals surface area contributed by atoms with Gasteiger partial charge in [-0.15, -0.1) is 11.3 Å². The third-order valence-corrected chi connectivity index (χ3v) is 13.7. The van der Waals surface area contributed by atoms with E-state index in [9.17, 15) is 5.26 Å². The van der Waals surface area contributed by atoms with Crippen molar-refractivity contribution in [1.82, 2.24) is 14.1 Å². The molecule has 0 N–H and O–H groups in total. The molecular formula is C55H29N5S. The lowest BCUT2D eigenvalue weighted by atomic mass is 9.88. The number of benzene rings is 9. The average molecular weight is 792 g/mol. The number of rotatable bonds is 4. The van der Waals surface area contributed by atoms with Crippen molar-refractivity contribution in [1.29, 1.82) is 5.26 Å². The molecule has 4 heterocycles. The Morgan fingerprint density at radius 2 is 1.11 bits per heavy atom. The summed E-state index contributed by atoms with van der Waals surface area (Å²) >= 11 is 1.80. The SMILES string of the molecule is [C-]#[N+]c1c(-c2ccccc2)c(C#N)c(-n2c3ccccc3c3cc4sc5ccccc5c4cc32)c(-c2ccccc2)c1-n1c2cccc3c4ccccc4c4nccc1c4c32. The van der Waals surface area contributed by atoms with Crippen LogP contribution in [0, 0.1) is 17.9 Å². The van der Waals surface area contributed by atoms with Gasteiger partial charge in [0.05, 0.1) is 51.1 Å². The van der Waals surface area contributed by atoms with E-state index in [0.717, 1.165) is 93.4 Å². The highest BCUT2D eigenvalue weighted by molar-refractivity contribution is 7.25. The Morgan fingerprint density at radius 3 is 1.89 bits per heavy atom. The van der Waals surface area contributed by atoms with E-state index >= 15 is 0 Å². The molecule has 0 atom stereocenters. The van der Waals surface area contributed by atoms with Gasteiger partial charge in [0.25, 0.3) is 0 Å². The Hall–Kier alpha value is -8.29. The monoisotopic (exact) mass is 791 g/mol. The maximum absolute atomic E-state index is 11.7. The van der Waals surface area contributed by atoms with Gasteiger partial charge in [-0.05, 0) is 58.3 Å². The summed E-state index contributed by atoms with van der Waals surface area (Å²) in [6.45, 7) is 9.17. The summed E-state index contributed by atoms with van der Waals surface area (Å²) in [5, 5.41) is 21.8. The molecule has 13 rings (SSSR count). The summed E-state index contributed by atoms with van der Waals surface area (Å²) in [7, 11) is 0. The molecular weight excluding hydrogens is 763 g/mol. The van der Waals surface area contributed by atoms with Crippen molar-refractivity contribution in [2.24, 2.45) is 0 Å². The summed E-state index contributed by atoms with van der Waals surface area (Å²) < 4.78 is 7.04. The second-order valence-electron chi connectivity index (χ2n) is 15.6. The van der Waals surface area contributed by atoms with Crippen LogP contribution in [-0.4, -0.2) is 14.1 Å². The first kappa shape index (κ1) is 33.7. The highest BCUT2D eigenvalue weighted by atomic mass is 32.1. The van der Waals surface area contributed by atoms with Gasteiger partial charge in [-0.2, -0.15) is 5.26 Å². The van der Waals surface area contributed by atoms with Gasteiger partial charge in [-0.3, -0.25) is 4.98 Å². The second kappa shape index (κ2) is 12.6. The molecule has 6 heteroatoms. The maximum atomic E-state index is 11.7. The lowest BCUT2D eigenvalue weighted by Gasteiger charge is -2.25. The predicted molar refractivity (Wildman–Crippen MR) is 254 cm³/mol. The van der Waals surface area contributed by atoms with E-state index in [1.807, 2.05) is 54.7 Å². The summed E-state index contributed by atoms with van der Waals surface area (Å²) in [6, 6.07) is 61.8. The zero-order valence-corrected chi connectivity index (χ0v) is 33.2. The normalized spacial score (nSPS) is 11.9. The van der Waals surface area contributed by atoms with Crippen molar-refractivity contribution >= 4 is 102 Å². The van der Waals surface area contributed by atoms with Gasteiger partial charge in [-0.25, -0.2) is 4.85 Å². The molecule has 0 saturated carbocycles. The molecule has 4 aromatic heterocycles. The Bertz CT molecular complexity index is 3980. The Kier molecular flexibility index (Phi) is 6.96. The van der Waals surface area contributed by atoms with Crippen molar-refractivity contribution < 1.29 is 0 Å². The van der Waals surface area contributed by atoms with E-state index < -0.39 is 0 Å². The quantitative estimate of drug-likeness (QED) is 0.132. The standard InChI is InChI=1S/C55H29N5S/c1-57-53-48(32-15-4-2-5-16-32)41(31-56)54(59-42-24-12-10-20-35(42)39-30-47-40(29-45(39)59)36-21-11-13-26-46(36)61-47)49(33-17-6-3-7-18-33)55(53)60-43-25-14-23-37-34-19-8-9-22-38(34)52-51(50(37)43)44(60)27-28-58-52/h2-30H. The molecule has 0 amide bonds. The smallest absolute Gasteiger partial charge is 0.220 e. The fourth-order valence-electron chi connectivity index (χ4n) is 10.2. The van der Waals surface area contributed by atoms with Crippen LogP contribution in [0.2, 0.25) is 0 Å². The summed E-state index contributed by atoms with van der Waals surface area (Å²) in [4.78, 5) is 9.51. The van der Waals surface area contributed by atoms with Crippen molar-refractivity contribution in [3.63, 3.8) is 0 Å². The van der Waals surface area contributed by atoms with Gasteiger partial charge >= 0.3 is 0 Å². The number of hydrogen-bond acceptors (Lipinski definition) is 3. The third-order valence-electron chi connectivity index (χ3n) is 12.6. The van der Waals surface area contributed by atoms with Crippen LogP contribution in [0.5, 0.6) is 0 Å².